The molecule has 0 fully saturated rings. The molecule has 0 aliphatic carbocycles. The van der Waals surface area contributed by atoms with Gasteiger partial charge in [-0.25, -0.2) is 0 Å². The van der Waals surface area contributed by atoms with Gasteiger partial charge in [0, 0.05) is 31.0 Å². The predicted molar refractivity (Wildman–Crippen MR) is 97.3 cm³/mol. The molecule has 0 radical (unpaired) electrons. The third-order valence-electron chi connectivity index (χ3n) is 4.25. The molecule has 3 N–H and O–H groups in total. The van der Waals surface area contributed by atoms with Crippen LogP contribution in [0, 0.1) is 0 Å². The fourth-order valence-corrected chi connectivity index (χ4v) is 3.07. The highest BCUT2D eigenvalue weighted by atomic mass is 16.6. The van der Waals surface area contributed by atoms with Crippen LogP contribution in [0.25, 0.3) is 0 Å². The number of carboxylic acids is 2. The van der Waals surface area contributed by atoms with Crippen molar-refractivity contribution >= 4 is 29.5 Å². The van der Waals surface area contributed by atoms with Crippen LogP contribution < -0.4 is 5.32 Å². The molecule has 1 unspecified atom stereocenters. The Labute approximate surface area is 157 Å². The van der Waals surface area contributed by atoms with E-state index in [2.05, 4.69) is 5.32 Å². The summed E-state index contributed by atoms with van der Waals surface area (Å²) >= 11 is 0. The quantitative estimate of drug-likeness (QED) is 0.421. The second-order valence-electron chi connectivity index (χ2n) is 6.15. The van der Waals surface area contributed by atoms with E-state index >= 15 is 0 Å². The molecule has 0 spiro atoms. The topological polar surface area (TPSA) is 130 Å². The van der Waals surface area contributed by atoms with Crippen LogP contribution in [0.5, 0.6) is 0 Å². The molecular formula is C19H25NO7. The molecule has 1 amide bonds. The van der Waals surface area contributed by atoms with Gasteiger partial charge in [0.25, 0.3) is 0 Å². The highest BCUT2D eigenvalue weighted by molar-refractivity contribution is 5.91. The van der Waals surface area contributed by atoms with Crippen molar-refractivity contribution in [3.05, 3.63) is 29.3 Å². The molecule has 0 aliphatic heterocycles. The smallest absolute Gasteiger partial charge is 0.318 e. The number of amides is 1. The van der Waals surface area contributed by atoms with Crippen molar-refractivity contribution in [1.29, 1.82) is 0 Å². The van der Waals surface area contributed by atoms with Gasteiger partial charge in [-0.3, -0.25) is 19.2 Å². The first-order chi connectivity index (χ1) is 12.6. The zero-order valence-corrected chi connectivity index (χ0v) is 15.7. The largest absolute Gasteiger partial charge is 0.481 e. The highest BCUT2D eigenvalue weighted by Crippen LogP contribution is 2.39. The molecule has 0 saturated carbocycles. The van der Waals surface area contributed by atoms with Crippen molar-refractivity contribution in [2.45, 2.75) is 58.5 Å². The summed E-state index contributed by atoms with van der Waals surface area (Å²) in [7, 11) is 0. The molecular weight excluding hydrogens is 354 g/mol. The molecule has 8 nitrogen and oxygen atoms in total. The van der Waals surface area contributed by atoms with E-state index < -0.39 is 29.9 Å². The Morgan fingerprint density at radius 3 is 2.26 bits per heavy atom. The van der Waals surface area contributed by atoms with Gasteiger partial charge < -0.3 is 20.3 Å². The number of aliphatic carboxylic acids is 2. The average Bonchev–Trinajstić information content (AvgIpc) is 2.57. The van der Waals surface area contributed by atoms with Crippen LogP contribution in [0.15, 0.2) is 18.2 Å². The molecule has 0 saturated heterocycles. The maximum atomic E-state index is 12.1. The Bertz CT molecular complexity index is 729. The molecule has 0 aliphatic rings. The standard InChI is InChI=1S/C19H25NO7/c1-4-13-14(7-6-8-15(13)20-12(3)21)19(5-2,10-9-16(22)23)27-18(26)11-17(24)25/h6-8H,4-5,9-11H2,1-3H3,(H,20,21)(H,22,23)(H,24,25). The molecule has 148 valence electrons. The van der Waals surface area contributed by atoms with Gasteiger partial charge in [-0.1, -0.05) is 26.0 Å². The van der Waals surface area contributed by atoms with E-state index in [0.29, 0.717) is 23.2 Å². The summed E-state index contributed by atoms with van der Waals surface area (Å²) in [5.74, 6) is -3.59. The fraction of sp³-hybridized carbons (Fsp3) is 0.474. The number of anilines is 1. The van der Waals surface area contributed by atoms with Crippen molar-refractivity contribution in [2.24, 2.45) is 0 Å². The molecule has 0 heterocycles. The first-order valence-corrected chi connectivity index (χ1v) is 8.70. The first-order valence-electron chi connectivity index (χ1n) is 8.70. The lowest BCUT2D eigenvalue weighted by atomic mass is 9.82. The summed E-state index contributed by atoms with van der Waals surface area (Å²) in [5.41, 5.74) is 0.525. The lowest BCUT2D eigenvalue weighted by Gasteiger charge is -2.35. The third kappa shape index (κ3) is 6.09. The average molecular weight is 379 g/mol. The number of hydrogen-bond acceptors (Lipinski definition) is 5. The summed E-state index contributed by atoms with van der Waals surface area (Å²) < 4.78 is 5.54. The molecule has 1 aromatic carbocycles. The second-order valence-corrected chi connectivity index (χ2v) is 6.15. The van der Waals surface area contributed by atoms with E-state index in [1.807, 2.05) is 6.92 Å². The number of benzene rings is 1. The number of ether oxygens (including phenoxy) is 1. The van der Waals surface area contributed by atoms with Crippen LogP contribution >= 0.6 is 0 Å². The van der Waals surface area contributed by atoms with Crippen LogP contribution in [0.3, 0.4) is 0 Å². The van der Waals surface area contributed by atoms with E-state index in [1.165, 1.54) is 6.92 Å². The SMILES string of the molecule is CCc1c(NC(C)=O)cccc1C(CC)(CCC(=O)O)OC(=O)CC(=O)O. The molecule has 0 bridgehead atoms. The van der Waals surface area contributed by atoms with E-state index in [9.17, 15) is 19.2 Å². The Morgan fingerprint density at radius 1 is 1.11 bits per heavy atom. The van der Waals surface area contributed by atoms with Crippen molar-refractivity contribution in [1.82, 2.24) is 0 Å². The van der Waals surface area contributed by atoms with Crippen LogP contribution in [-0.2, 0) is 35.9 Å². The number of nitrogens with one attached hydrogen (secondary N) is 1. The van der Waals surface area contributed by atoms with E-state index in [4.69, 9.17) is 14.9 Å². The van der Waals surface area contributed by atoms with Gasteiger partial charge in [-0.15, -0.1) is 0 Å². The Hall–Kier alpha value is -2.90. The van der Waals surface area contributed by atoms with Gasteiger partial charge >= 0.3 is 17.9 Å². The van der Waals surface area contributed by atoms with Crippen molar-refractivity contribution < 1.29 is 34.1 Å². The number of hydrogen-bond donors (Lipinski definition) is 3. The summed E-state index contributed by atoms with van der Waals surface area (Å²) in [6, 6.07) is 5.10. The Balaban J connectivity index is 3.48. The minimum atomic E-state index is -1.33. The van der Waals surface area contributed by atoms with Crippen LogP contribution in [0.4, 0.5) is 5.69 Å². The zero-order chi connectivity index (χ0) is 20.6. The monoisotopic (exact) mass is 379 g/mol. The molecule has 0 aromatic heterocycles. The zero-order valence-electron chi connectivity index (χ0n) is 15.7. The van der Waals surface area contributed by atoms with Gasteiger partial charge in [0.2, 0.25) is 5.91 Å². The molecule has 1 atom stereocenters. The van der Waals surface area contributed by atoms with Crippen molar-refractivity contribution in [3.63, 3.8) is 0 Å². The number of carbonyl (C=O) groups is 4. The second kappa shape index (κ2) is 9.70. The maximum absolute atomic E-state index is 12.1. The number of esters is 1. The fourth-order valence-electron chi connectivity index (χ4n) is 3.07. The lowest BCUT2D eigenvalue weighted by molar-refractivity contribution is -0.168. The van der Waals surface area contributed by atoms with Crippen LogP contribution in [-0.4, -0.2) is 34.0 Å². The van der Waals surface area contributed by atoms with Gasteiger partial charge in [-0.2, -0.15) is 0 Å². The van der Waals surface area contributed by atoms with E-state index in [-0.39, 0.29) is 25.2 Å². The Kier molecular flexibility index (Phi) is 7.96. The normalized spacial score (nSPS) is 12.7. The van der Waals surface area contributed by atoms with E-state index in [0.717, 1.165) is 0 Å². The van der Waals surface area contributed by atoms with Gasteiger partial charge in [0.15, 0.2) is 0 Å². The maximum Gasteiger partial charge on any atom is 0.318 e. The minimum absolute atomic E-state index is 0.0132. The number of carbonyl (C=O) groups excluding carboxylic acids is 2. The summed E-state index contributed by atoms with van der Waals surface area (Å²) in [6.45, 7) is 4.97. The molecule has 27 heavy (non-hydrogen) atoms. The highest BCUT2D eigenvalue weighted by Gasteiger charge is 2.37. The van der Waals surface area contributed by atoms with Crippen LogP contribution in [0.2, 0.25) is 0 Å². The van der Waals surface area contributed by atoms with Crippen molar-refractivity contribution in [3.8, 4) is 0 Å². The number of rotatable bonds is 10. The number of carboxylic acid groups (broad SMARTS) is 2. The third-order valence-corrected chi connectivity index (χ3v) is 4.25. The summed E-state index contributed by atoms with van der Waals surface area (Å²) in [6.07, 6.45) is -0.344. The predicted octanol–water partition coefficient (Wildman–Crippen LogP) is 2.70. The van der Waals surface area contributed by atoms with Gasteiger partial charge in [-0.05, 0) is 24.5 Å². The van der Waals surface area contributed by atoms with Gasteiger partial charge in [0.05, 0.1) is 0 Å². The summed E-state index contributed by atoms with van der Waals surface area (Å²) in [4.78, 5) is 45.5. The molecule has 1 rings (SSSR count). The van der Waals surface area contributed by atoms with Crippen molar-refractivity contribution in [2.75, 3.05) is 5.32 Å². The molecule has 8 heteroatoms. The van der Waals surface area contributed by atoms with Crippen LogP contribution in [0.1, 0.15) is 57.6 Å². The molecule has 1 aromatic rings. The van der Waals surface area contributed by atoms with E-state index in [1.54, 1.807) is 25.1 Å². The first kappa shape index (κ1) is 22.1. The summed E-state index contributed by atoms with van der Waals surface area (Å²) in [5, 5.41) is 20.7. The lowest BCUT2D eigenvalue weighted by Crippen LogP contribution is -2.34. The minimum Gasteiger partial charge on any atom is -0.481 e. The van der Waals surface area contributed by atoms with Gasteiger partial charge in [0.1, 0.15) is 12.0 Å². The Morgan fingerprint density at radius 2 is 1.78 bits per heavy atom.